The van der Waals surface area contributed by atoms with Crippen molar-refractivity contribution in [1.82, 2.24) is 19.5 Å². The van der Waals surface area contributed by atoms with Crippen molar-refractivity contribution in [2.45, 2.75) is 24.0 Å². The van der Waals surface area contributed by atoms with Crippen molar-refractivity contribution in [2.24, 2.45) is 7.05 Å². The number of thioether (sulfide) groups is 1. The Morgan fingerprint density at radius 2 is 1.96 bits per heavy atom. The summed E-state index contributed by atoms with van der Waals surface area (Å²) < 4.78 is 39.8. The molecule has 27 heavy (non-hydrogen) atoms. The molecule has 3 heterocycles. The summed E-state index contributed by atoms with van der Waals surface area (Å²) in [7, 11) is 1.56. The molecule has 0 bridgehead atoms. The molecule has 0 spiro atoms. The average molecular weight is 391 g/mol. The van der Waals surface area contributed by atoms with Gasteiger partial charge in [0.05, 0.1) is 10.6 Å². The summed E-state index contributed by atoms with van der Waals surface area (Å²) in [6.45, 7) is 0.568. The maximum Gasteiger partial charge on any atom is 0.434 e. The first-order valence-electron chi connectivity index (χ1n) is 8.32. The first-order valence-corrected chi connectivity index (χ1v) is 9.31. The highest BCUT2D eigenvalue weighted by Gasteiger charge is 2.34. The number of aromatic nitrogens is 4. The predicted octanol–water partition coefficient (Wildman–Crippen LogP) is 4.16. The molecule has 0 amide bonds. The minimum atomic E-state index is -4.45. The van der Waals surface area contributed by atoms with E-state index in [4.69, 9.17) is 0 Å². The maximum atomic E-state index is 12.8. The Labute approximate surface area is 158 Å². The molecule has 1 aromatic carbocycles. The second-order valence-corrected chi connectivity index (χ2v) is 7.31. The lowest BCUT2D eigenvalue weighted by molar-refractivity contribution is -0.140. The zero-order valence-corrected chi connectivity index (χ0v) is 15.2. The van der Waals surface area contributed by atoms with Crippen LogP contribution in [0.3, 0.4) is 0 Å². The van der Waals surface area contributed by atoms with Gasteiger partial charge in [-0.25, -0.2) is 15.0 Å². The average Bonchev–Trinajstić information content (AvgIpc) is 3.27. The van der Waals surface area contributed by atoms with Crippen LogP contribution in [-0.2, 0) is 26.2 Å². The van der Waals surface area contributed by atoms with Crippen LogP contribution < -0.4 is 5.32 Å². The van der Waals surface area contributed by atoms with Crippen LogP contribution in [0.1, 0.15) is 17.0 Å². The van der Waals surface area contributed by atoms with Crippen molar-refractivity contribution in [2.75, 3.05) is 11.1 Å². The number of benzene rings is 1. The van der Waals surface area contributed by atoms with Crippen molar-refractivity contribution >= 4 is 17.6 Å². The summed E-state index contributed by atoms with van der Waals surface area (Å²) in [4.78, 5) is 13.4. The van der Waals surface area contributed by atoms with E-state index in [9.17, 15) is 13.2 Å². The van der Waals surface area contributed by atoms with Gasteiger partial charge in [0.2, 0.25) is 0 Å². The molecule has 5 nitrogen and oxygen atoms in total. The Hall–Kier alpha value is -2.55. The molecule has 1 N–H and O–H groups in total. The minimum Gasteiger partial charge on any atom is -0.365 e. The standard InChI is InChI=1S/C18H16F3N5S/c1-26-9-14(18(19,20)21)25-17(26)12-4-2-11(3-5-12)8-22-16-15-13(6-7-27-15)23-10-24-16/h2-5,9-10H,6-8H2,1H3,(H,22,23,24). The largest absolute Gasteiger partial charge is 0.434 e. The third-order valence-electron chi connectivity index (χ3n) is 4.30. The fourth-order valence-corrected chi connectivity index (χ4v) is 4.03. The van der Waals surface area contributed by atoms with Gasteiger partial charge in [0.15, 0.2) is 5.69 Å². The van der Waals surface area contributed by atoms with Gasteiger partial charge < -0.3 is 9.88 Å². The molecule has 2 aromatic heterocycles. The first-order chi connectivity index (χ1) is 12.9. The summed E-state index contributed by atoms with van der Waals surface area (Å²) in [5.74, 6) is 2.12. The Balaban J connectivity index is 1.49. The summed E-state index contributed by atoms with van der Waals surface area (Å²) in [6, 6.07) is 7.30. The lowest BCUT2D eigenvalue weighted by atomic mass is 10.1. The van der Waals surface area contributed by atoms with Crippen LogP contribution in [0.2, 0.25) is 0 Å². The number of nitrogens with zero attached hydrogens (tertiary/aromatic N) is 4. The zero-order valence-electron chi connectivity index (χ0n) is 14.4. The van der Waals surface area contributed by atoms with E-state index >= 15 is 0 Å². The number of hydrogen-bond donors (Lipinski definition) is 1. The topological polar surface area (TPSA) is 55.6 Å². The molecule has 0 fully saturated rings. The van der Waals surface area contributed by atoms with Crippen LogP contribution in [0.4, 0.5) is 19.0 Å². The third kappa shape index (κ3) is 3.64. The first kappa shape index (κ1) is 17.8. The number of imidazole rings is 1. The molecule has 0 saturated carbocycles. The van der Waals surface area contributed by atoms with Gasteiger partial charge in [0, 0.05) is 37.5 Å². The van der Waals surface area contributed by atoms with E-state index in [1.807, 2.05) is 12.1 Å². The van der Waals surface area contributed by atoms with Gasteiger partial charge >= 0.3 is 6.18 Å². The van der Waals surface area contributed by atoms with Crippen LogP contribution in [-0.4, -0.2) is 25.3 Å². The highest BCUT2D eigenvalue weighted by Crippen LogP contribution is 2.35. The van der Waals surface area contributed by atoms with E-state index in [0.29, 0.717) is 12.1 Å². The van der Waals surface area contributed by atoms with Crippen LogP contribution in [0, 0.1) is 0 Å². The molecule has 0 aliphatic carbocycles. The Morgan fingerprint density at radius 1 is 1.19 bits per heavy atom. The van der Waals surface area contributed by atoms with E-state index in [-0.39, 0.29) is 5.82 Å². The van der Waals surface area contributed by atoms with Crippen molar-refractivity contribution in [1.29, 1.82) is 0 Å². The maximum absolute atomic E-state index is 12.8. The molecule has 3 aromatic rings. The number of halogens is 3. The van der Waals surface area contributed by atoms with Crippen LogP contribution in [0.5, 0.6) is 0 Å². The van der Waals surface area contributed by atoms with Gasteiger partial charge in [-0.3, -0.25) is 0 Å². The van der Waals surface area contributed by atoms with E-state index in [2.05, 4.69) is 20.3 Å². The molecule has 9 heteroatoms. The molecule has 0 saturated heterocycles. The Kier molecular flexibility index (Phi) is 4.55. The molecule has 0 unspecified atom stereocenters. The fraction of sp³-hybridized carbons (Fsp3) is 0.278. The number of aryl methyl sites for hydroxylation is 2. The molecule has 4 rings (SSSR count). The van der Waals surface area contributed by atoms with Crippen LogP contribution in [0.15, 0.2) is 41.7 Å². The number of fused-ring (bicyclic) bond motifs is 1. The lowest BCUT2D eigenvalue weighted by Gasteiger charge is -2.09. The van der Waals surface area contributed by atoms with E-state index in [0.717, 1.165) is 40.3 Å². The quantitative estimate of drug-likeness (QED) is 0.724. The van der Waals surface area contributed by atoms with Crippen molar-refractivity contribution in [3.05, 3.63) is 53.7 Å². The van der Waals surface area contributed by atoms with Gasteiger partial charge in [0.25, 0.3) is 0 Å². The SMILES string of the molecule is Cn1cc(C(F)(F)F)nc1-c1ccc(CNc2ncnc3c2SCC3)cc1. The highest BCUT2D eigenvalue weighted by molar-refractivity contribution is 7.99. The number of anilines is 1. The number of alkyl halides is 3. The molecule has 140 valence electrons. The highest BCUT2D eigenvalue weighted by atomic mass is 32.2. The normalized spacial score (nSPS) is 13.6. The molecule has 1 aliphatic rings. The van der Waals surface area contributed by atoms with Gasteiger partial charge in [-0.2, -0.15) is 13.2 Å². The van der Waals surface area contributed by atoms with Crippen LogP contribution in [0.25, 0.3) is 11.4 Å². The van der Waals surface area contributed by atoms with Gasteiger partial charge in [0.1, 0.15) is 18.0 Å². The summed E-state index contributed by atoms with van der Waals surface area (Å²) in [5.41, 5.74) is 1.82. The van der Waals surface area contributed by atoms with Crippen molar-refractivity contribution in [3.63, 3.8) is 0 Å². The number of hydrogen-bond acceptors (Lipinski definition) is 5. The van der Waals surface area contributed by atoms with Crippen molar-refractivity contribution in [3.8, 4) is 11.4 Å². The number of rotatable bonds is 4. The predicted molar refractivity (Wildman–Crippen MR) is 97.4 cm³/mol. The molecular formula is C18H16F3N5S. The van der Waals surface area contributed by atoms with Crippen molar-refractivity contribution < 1.29 is 13.2 Å². The fourth-order valence-electron chi connectivity index (χ4n) is 2.94. The monoisotopic (exact) mass is 391 g/mol. The molecule has 1 aliphatic heterocycles. The van der Waals surface area contributed by atoms with Gasteiger partial charge in [-0.1, -0.05) is 24.3 Å². The summed E-state index contributed by atoms with van der Waals surface area (Å²) in [6.07, 6.45) is -0.932. The Bertz CT molecular complexity index is 966. The zero-order chi connectivity index (χ0) is 19.0. The lowest BCUT2D eigenvalue weighted by Crippen LogP contribution is -2.05. The van der Waals surface area contributed by atoms with Crippen LogP contribution >= 0.6 is 11.8 Å². The van der Waals surface area contributed by atoms with E-state index in [1.165, 1.54) is 4.57 Å². The molecule has 0 atom stereocenters. The van der Waals surface area contributed by atoms with E-state index in [1.54, 1.807) is 37.3 Å². The number of nitrogens with one attached hydrogen (secondary N) is 1. The Morgan fingerprint density at radius 3 is 2.67 bits per heavy atom. The molecule has 0 radical (unpaired) electrons. The second-order valence-electron chi connectivity index (χ2n) is 6.21. The summed E-state index contributed by atoms with van der Waals surface area (Å²) >= 11 is 1.74. The second kappa shape index (κ2) is 6.88. The van der Waals surface area contributed by atoms with Gasteiger partial charge in [-0.05, 0) is 5.56 Å². The van der Waals surface area contributed by atoms with Gasteiger partial charge in [-0.15, -0.1) is 11.8 Å². The minimum absolute atomic E-state index is 0.284. The van der Waals surface area contributed by atoms with E-state index < -0.39 is 11.9 Å². The smallest absolute Gasteiger partial charge is 0.365 e. The third-order valence-corrected chi connectivity index (χ3v) is 5.43. The molecular weight excluding hydrogens is 375 g/mol. The summed E-state index contributed by atoms with van der Waals surface area (Å²) in [5, 5.41) is 3.31.